The van der Waals surface area contributed by atoms with Gasteiger partial charge in [0.25, 0.3) is 5.56 Å². The van der Waals surface area contributed by atoms with E-state index in [-0.39, 0.29) is 27.1 Å². The summed E-state index contributed by atoms with van der Waals surface area (Å²) in [5.41, 5.74) is -0.368. The van der Waals surface area contributed by atoms with Crippen LogP contribution in [0.15, 0.2) is 15.6 Å². The van der Waals surface area contributed by atoms with Gasteiger partial charge in [0.1, 0.15) is 10.5 Å². The summed E-state index contributed by atoms with van der Waals surface area (Å²) in [6.07, 6.45) is 2.99. The lowest BCUT2D eigenvalue weighted by molar-refractivity contribution is -0.124. The zero-order chi connectivity index (χ0) is 14.6. The molecule has 0 saturated carbocycles. The Morgan fingerprint density at radius 3 is 2.63 bits per heavy atom. The van der Waals surface area contributed by atoms with E-state index in [2.05, 4.69) is 26.2 Å². The lowest BCUT2D eigenvalue weighted by Crippen LogP contribution is -2.41. The largest absolute Gasteiger partial charge is 0.352 e. The first-order chi connectivity index (χ1) is 8.92. The van der Waals surface area contributed by atoms with Crippen LogP contribution in [0.5, 0.6) is 0 Å². The second-order valence-electron chi connectivity index (χ2n) is 4.26. The minimum absolute atomic E-state index is 0.0915. The van der Waals surface area contributed by atoms with Crippen molar-refractivity contribution in [3.8, 4) is 0 Å². The van der Waals surface area contributed by atoms with E-state index in [0.717, 1.165) is 12.8 Å². The number of hydrogen-bond acceptors (Lipinski definition) is 3. The third-order valence-electron chi connectivity index (χ3n) is 3.03. The van der Waals surface area contributed by atoms with Crippen molar-refractivity contribution >= 4 is 33.4 Å². The first-order valence-corrected chi connectivity index (χ1v) is 7.31. The molecule has 1 atom stereocenters. The van der Waals surface area contributed by atoms with E-state index in [1.165, 1.54) is 10.9 Å². The molecule has 0 aliphatic heterocycles. The Bertz CT molecular complexity index is 514. The number of carbonyl (C=O) groups is 1. The normalized spacial score (nSPS) is 12.5. The molecule has 1 unspecified atom stereocenters. The first kappa shape index (κ1) is 16.2. The lowest BCUT2D eigenvalue weighted by Gasteiger charge is -2.19. The first-order valence-electron chi connectivity index (χ1n) is 6.14. The smallest absolute Gasteiger partial charge is 0.269 e. The predicted molar refractivity (Wildman–Crippen MR) is 78.4 cm³/mol. The molecule has 0 aliphatic rings. The van der Waals surface area contributed by atoms with Gasteiger partial charge in [-0.2, -0.15) is 0 Å². The summed E-state index contributed by atoms with van der Waals surface area (Å²) in [6.45, 7) is 5.67. The molecule has 0 bridgehead atoms. The van der Waals surface area contributed by atoms with Crippen molar-refractivity contribution in [1.82, 2.24) is 14.9 Å². The van der Waals surface area contributed by atoms with Gasteiger partial charge < -0.3 is 5.32 Å². The van der Waals surface area contributed by atoms with Crippen molar-refractivity contribution < 1.29 is 4.79 Å². The molecular weight excluding hydrogens is 334 g/mol. The fourth-order valence-electron chi connectivity index (χ4n) is 1.64. The Kier molecular flexibility index (Phi) is 6.00. The monoisotopic (exact) mass is 349 g/mol. The van der Waals surface area contributed by atoms with Crippen LogP contribution in [0.1, 0.15) is 39.7 Å². The van der Waals surface area contributed by atoms with Crippen LogP contribution in [0.25, 0.3) is 0 Å². The Morgan fingerprint density at radius 2 is 2.11 bits per heavy atom. The number of rotatable bonds is 5. The summed E-state index contributed by atoms with van der Waals surface area (Å²) in [7, 11) is 0. The van der Waals surface area contributed by atoms with E-state index in [9.17, 15) is 9.59 Å². The molecule has 0 aliphatic carbocycles. The summed E-state index contributed by atoms with van der Waals surface area (Å²) in [5.74, 6) is -0.202. The minimum Gasteiger partial charge on any atom is -0.352 e. The van der Waals surface area contributed by atoms with Gasteiger partial charge in [0.2, 0.25) is 5.91 Å². The van der Waals surface area contributed by atoms with E-state index in [0.29, 0.717) is 0 Å². The molecular formula is C12H17BrClN3O2. The molecule has 7 heteroatoms. The third kappa shape index (κ3) is 3.79. The van der Waals surface area contributed by atoms with Crippen LogP contribution in [0, 0.1) is 0 Å². The summed E-state index contributed by atoms with van der Waals surface area (Å²) in [6, 6.07) is -0.511. The van der Waals surface area contributed by atoms with Crippen LogP contribution in [0.4, 0.5) is 0 Å². The van der Waals surface area contributed by atoms with E-state index in [1.54, 1.807) is 6.92 Å². The Labute approximate surface area is 125 Å². The molecule has 106 valence electrons. The topological polar surface area (TPSA) is 64.0 Å². The maximum atomic E-state index is 12.1. The molecule has 0 aromatic carbocycles. The molecule has 1 heterocycles. The van der Waals surface area contributed by atoms with Crippen molar-refractivity contribution in [3.05, 3.63) is 26.3 Å². The standard InChI is InChI=1S/C12H17BrClN3O2/c1-4-8(5-2)16-11(18)7(3)17-6-15-10(14)9(13)12(17)19/h6-8H,4-5H2,1-3H3,(H,16,18). The SMILES string of the molecule is CCC(CC)NC(=O)C(C)n1cnc(Cl)c(Br)c1=O. The summed E-state index contributed by atoms with van der Waals surface area (Å²) < 4.78 is 1.42. The molecule has 1 aromatic heterocycles. The van der Waals surface area contributed by atoms with Crippen LogP contribution in [-0.4, -0.2) is 21.5 Å². The van der Waals surface area contributed by atoms with Gasteiger partial charge in [0.05, 0.1) is 6.33 Å². The molecule has 0 spiro atoms. The van der Waals surface area contributed by atoms with Gasteiger partial charge in [-0.3, -0.25) is 14.2 Å². The number of amides is 1. The second kappa shape index (κ2) is 7.05. The van der Waals surface area contributed by atoms with Gasteiger partial charge in [-0.25, -0.2) is 4.98 Å². The molecule has 5 nitrogen and oxygen atoms in total. The summed E-state index contributed by atoms with van der Waals surface area (Å²) in [4.78, 5) is 27.9. The number of hydrogen-bond donors (Lipinski definition) is 1. The van der Waals surface area contributed by atoms with Crippen LogP contribution < -0.4 is 10.9 Å². The predicted octanol–water partition coefficient (Wildman–Crippen LogP) is 2.53. The molecule has 0 saturated heterocycles. The van der Waals surface area contributed by atoms with E-state index < -0.39 is 6.04 Å². The van der Waals surface area contributed by atoms with Gasteiger partial charge >= 0.3 is 0 Å². The Balaban J connectivity index is 2.95. The molecule has 0 fully saturated rings. The average molecular weight is 351 g/mol. The maximum Gasteiger partial charge on any atom is 0.269 e. The average Bonchev–Trinajstić information content (AvgIpc) is 2.41. The van der Waals surface area contributed by atoms with Gasteiger partial charge in [0, 0.05) is 6.04 Å². The second-order valence-corrected chi connectivity index (χ2v) is 5.41. The number of nitrogens with one attached hydrogen (secondary N) is 1. The number of nitrogens with zero attached hydrogens (tertiary/aromatic N) is 2. The van der Waals surface area contributed by atoms with Crippen molar-refractivity contribution in [1.29, 1.82) is 0 Å². The molecule has 0 radical (unpaired) electrons. The fourth-order valence-corrected chi connectivity index (χ4v) is 2.07. The van der Waals surface area contributed by atoms with E-state index >= 15 is 0 Å². The minimum atomic E-state index is -0.630. The molecule has 19 heavy (non-hydrogen) atoms. The highest BCUT2D eigenvalue weighted by Crippen LogP contribution is 2.15. The number of carbonyl (C=O) groups excluding carboxylic acids is 1. The van der Waals surface area contributed by atoms with Gasteiger partial charge in [-0.1, -0.05) is 25.4 Å². The molecule has 1 amide bonds. The van der Waals surface area contributed by atoms with E-state index in [4.69, 9.17) is 11.6 Å². The van der Waals surface area contributed by atoms with Gasteiger partial charge in [-0.15, -0.1) is 0 Å². The fraction of sp³-hybridized carbons (Fsp3) is 0.583. The Morgan fingerprint density at radius 1 is 1.53 bits per heavy atom. The Hall–Kier alpha value is -0.880. The van der Waals surface area contributed by atoms with Crippen molar-refractivity contribution in [2.24, 2.45) is 0 Å². The summed E-state index contributed by atoms with van der Waals surface area (Å²) in [5, 5.41) is 2.99. The zero-order valence-electron chi connectivity index (χ0n) is 11.1. The van der Waals surface area contributed by atoms with Crippen LogP contribution in [-0.2, 0) is 4.79 Å². The lowest BCUT2D eigenvalue weighted by atomic mass is 10.1. The molecule has 1 rings (SSSR count). The quantitative estimate of drug-likeness (QED) is 0.830. The third-order valence-corrected chi connectivity index (χ3v) is 4.26. The van der Waals surface area contributed by atoms with Crippen molar-refractivity contribution in [2.45, 2.75) is 45.7 Å². The summed E-state index contributed by atoms with van der Waals surface area (Å²) >= 11 is 8.79. The van der Waals surface area contributed by atoms with Crippen LogP contribution in [0.3, 0.4) is 0 Å². The zero-order valence-corrected chi connectivity index (χ0v) is 13.5. The van der Waals surface area contributed by atoms with Crippen LogP contribution in [0.2, 0.25) is 5.15 Å². The highest BCUT2D eigenvalue weighted by atomic mass is 79.9. The van der Waals surface area contributed by atoms with Crippen molar-refractivity contribution in [3.63, 3.8) is 0 Å². The van der Waals surface area contributed by atoms with Gasteiger partial charge in [0.15, 0.2) is 5.15 Å². The highest BCUT2D eigenvalue weighted by Gasteiger charge is 2.20. The number of aromatic nitrogens is 2. The molecule has 1 N–H and O–H groups in total. The molecule has 1 aromatic rings. The highest BCUT2D eigenvalue weighted by molar-refractivity contribution is 9.10. The maximum absolute atomic E-state index is 12.1. The number of halogens is 2. The van der Waals surface area contributed by atoms with E-state index in [1.807, 2.05) is 13.8 Å². The van der Waals surface area contributed by atoms with Crippen molar-refractivity contribution in [2.75, 3.05) is 0 Å². The van der Waals surface area contributed by atoms with Gasteiger partial charge in [-0.05, 0) is 35.7 Å². The van der Waals surface area contributed by atoms with Crippen LogP contribution >= 0.6 is 27.5 Å².